The van der Waals surface area contributed by atoms with Crippen molar-refractivity contribution in [3.8, 4) is 0 Å². The zero-order chi connectivity index (χ0) is 10.8. The number of nitrogens with two attached hydrogens (primary N) is 1. The number of likely N-dealkylation sites (tertiary alicyclic amines) is 1. The third-order valence-electron chi connectivity index (χ3n) is 2.95. The molecule has 0 radical (unpaired) electrons. The van der Waals surface area contributed by atoms with Crippen molar-refractivity contribution in [3.05, 3.63) is 0 Å². The quantitative estimate of drug-likeness (QED) is 0.729. The summed E-state index contributed by atoms with van der Waals surface area (Å²) in [6.07, 6.45) is 5.36. The highest BCUT2D eigenvalue weighted by molar-refractivity contribution is 6.76. The van der Waals surface area contributed by atoms with E-state index in [0.29, 0.717) is 12.1 Å². The van der Waals surface area contributed by atoms with E-state index in [4.69, 9.17) is 5.73 Å². The highest BCUT2D eigenvalue weighted by atomic mass is 28.3. The van der Waals surface area contributed by atoms with Gasteiger partial charge in [-0.25, -0.2) is 0 Å². The Morgan fingerprint density at radius 1 is 1.36 bits per heavy atom. The average Bonchev–Trinajstić information content (AvgIpc) is 2.01. The SMILES string of the molecule is CC(N)C1CCCCN1C[Si](C)(C)C. The summed E-state index contributed by atoms with van der Waals surface area (Å²) in [5.41, 5.74) is 6.05. The van der Waals surface area contributed by atoms with Crippen molar-refractivity contribution < 1.29 is 0 Å². The molecule has 1 rings (SSSR count). The van der Waals surface area contributed by atoms with Gasteiger partial charge in [0.2, 0.25) is 0 Å². The topological polar surface area (TPSA) is 29.3 Å². The molecule has 84 valence electrons. The maximum Gasteiger partial charge on any atom is 0.0599 e. The van der Waals surface area contributed by atoms with E-state index in [-0.39, 0.29) is 0 Å². The lowest BCUT2D eigenvalue weighted by atomic mass is 9.98. The van der Waals surface area contributed by atoms with Crippen LogP contribution in [-0.4, -0.2) is 37.8 Å². The normalized spacial score (nSPS) is 27.6. The maximum absolute atomic E-state index is 6.05. The molecule has 3 heteroatoms. The van der Waals surface area contributed by atoms with Gasteiger partial charge in [-0.2, -0.15) is 0 Å². The van der Waals surface area contributed by atoms with Crippen LogP contribution in [0.25, 0.3) is 0 Å². The Balaban J connectivity index is 2.54. The first kappa shape index (κ1) is 12.2. The molecule has 1 saturated heterocycles. The second-order valence-electron chi connectivity index (χ2n) is 5.95. The van der Waals surface area contributed by atoms with E-state index in [9.17, 15) is 0 Å². The van der Waals surface area contributed by atoms with Crippen LogP contribution < -0.4 is 5.73 Å². The molecule has 14 heavy (non-hydrogen) atoms. The van der Waals surface area contributed by atoms with E-state index in [1.807, 2.05) is 0 Å². The molecule has 0 saturated carbocycles. The Morgan fingerprint density at radius 3 is 2.50 bits per heavy atom. The van der Waals surface area contributed by atoms with Crippen LogP contribution in [-0.2, 0) is 0 Å². The highest BCUT2D eigenvalue weighted by Gasteiger charge is 2.28. The molecule has 2 unspecified atom stereocenters. The van der Waals surface area contributed by atoms with Gasteiger partial charge in [0, 0.05) is 12.1 Å². The average molecular weight is 214 g/mol. The molecule has 2 N–H and O–H groups in total. The minimum absolute atomic E-state index is 0.339. The molecular weight excluding hydrogens is 188 g/mol. The predicted molar refractivity (Wildman–Crippen MR) is 66.2 cm³/mol. The van der Waals surface area contributed by atoms with Crippen LogP contribution in [0.5, 0.6) is 0 Å². The molecule has 0 aromatic carbocycles. The fourth-order valence-electron chi connectivity index (χ4n) is 2.42. The lowest BCUT2D eigenvalue weighted by Crippen LogP contribution is -2.53. The predicted octanol–water partition coefficient (Wildman–Crippen LogP) is 2.07. The van der Waals surface area contributed by atoms with Gasteiger partial charge in [0.15, 0.2) is 0 Å². The zero-order valence-electron chi connectivity index (χ0n) is 10.2. The van der Waals surface area contributed by atoms with Crippen molar-refractivity contribution >= 4 is 8.07 Å². The Hall–Kier alpha value is 0.137. The van der Waals surface area contributed by atoms with Crippen molar-refractivity contribution in [2.45, 2.75) is 57.9 Å². The molecule has 2 nitrogen and oxygen atoms in total. The first-order valence-corrected chi connectivity index (χ1v) is 9.60. The first-order chi connectivity index (χ1) is 6.40. The van der Waals surface area contributed by atoms with Gasteiger partial charge in [-0.15, -0.1) is 0 Å². The third-order valence-corrected chi connectivity index (χ3v) is 4.30. The fraction of sp³-hybridized carbons (Fsp3) is 1.00. The summed E-state index contributed by atoms with van der Waals surface area (Å²) in [6.45, 7) is 10.8. The largest absolute Gasteiger partial charge is 0.327 e. The summed E-state index contributed by atoms with van der Waals surface area (Å²) in [7, 11) is -0.962. The van der Waals surface area contributed by atoms with E-state index in [2.05, 4.69) is 31.5 Å². The molecule has 2 atom stereocenters. The van der Waals surface area contributed by atoms with Crippen LogP contribution in [0, 0.1) is 0 Å². The Bertz CT molecular complexity index is 175. The first-order valence-electron chi connectivity index (χ1n) is 5.90. The van der Waals surface area contributed by atoms with Gasteiger partial charge in [0.25, 0.3) is 0 Å². The standard InChI is InChI=1S/C11H26N2Si/c1-10(12)11-7-5-6-8-13(11)9-14(2,3)4/h10-11H,5-9,12H2,1-4H3. The molecule has 0 amide bonds. The van der Waals surface area contributed by atoms with Crippen LogP contribution in [0.4, 0.5) is 0 Å². The summed E-state index contributed by atoms with van der Waals surface area (Å²) < 4.78 is 0. The van der Waals surface area contributed by atoms with E-state index in [0.717, 1.165) is 0 Å². The van der Waals surface area contributed by atoms with Gasteiger partial charge < -0.3 is 10.6 Å². The molecule has 0 bridgehead atoms. The Morgan fingerprint density at radius 2 is 2.00 bits per heavy atom. The van der Waals surface area contributed by atoms with Crippen molar-refractivity contribution in [3.63, 3.8) is 0 Å². The van der Waals surface area contributed by atoms with E-state index in [1.165, 1.54) is 32.0 Å². The van der Waals surface area contributed by atoms with Crippen LogP contribution in [0.15, 0.2) is 0 Å². The second kappa shape index (κ2) is 4.77. The van der Waals surface area contributed by atoms with Gasteiger partial charge in [0.1, 0.15) is 0 Å². The lowest BCUT2D eigenvalue weighted by Gasteiger charge is -2.40. The Kier molecular flexibility index (Phi) is 4.16. The van der Waals surface area contributed by atoms with E-state index in [1.54, 1.807) is 0 Å². The number of hydrogen-bond donors (Lipinski definition) is 1. The second-order valence-corrected chi connectivity index (χ2v) is 11.4. The number of nitrogens with zero attached hydrogens (tertiary/aromatic N) is 1. The van der Waals surface area contributed by atoms with E-state index >= 15 is 0 Å². The van der Waals surface area contributed by atoms with Crippen molar-refractivity contribution in [1.29, 1.82) is 0 Å². The van der Waals surface area contributed by atoms with Gasteiger partial charge in [-0.1, -0.05) is 26.1 Å². The van der Waals surface area contributed by atoms with Crippen molar-refractivity contribution in [1.82, 2.24) is 4.90 Å². The fourth-order valence-corrected chi connectivity index (χ4v) is 4.03. The van der Waals surface area contributed by atoms with Gasteiger partial charge in [-0.3, -0.25) is 0 Å². The van der Waals surface area contributed by atoms with Crippen molar-refractivity contribution in [2.75, 3.05) is 12.7 Å². The molecular formula is C11H26N2Si. The van der Waals surface area contributed by atoms with Crippen LogP contribution in [0.3, 0.4) is 0 Å². The zero-order valence-corrected chi connectivity index (χ0v) is 11.2. The lowest BCUT2D eigenvalue weighted by molar-refractivity contribution is 0.152. The highest BCUT2D eigenvalue weighted by Crippen LogP contribution is 2.20. The maximum atomic E-state index is 6.05. The number of hydrogen-bond acceptors (Lipinski definition) is 2. The van der Waals surface area contributed by atoms with Crippen molar-refractivity contribution in [2.24, 2.45) is 5.73 Å². The number of piperidine rings is 1. The third kappa shape index (κ3) is 3.71. The number of rotatable bonds is 3. The molecule has 0 spiro atoms. The molecule has 1 fully saturated rings. The van der Waals surface area contributed by atoms with Crippen LogP contribution >= 0.6 is 0 Å². The minimum Gasteiger partial charge on any atom is -0.327 e. The summed E-state index contributed by atoms with van der Waals surface area (Å²) in [4.78, 5) is 2.65. The monoisotopic (exact) mass is 214 g/mol. The summed E-state index contributed by atoms with van der Waals surface area (Å²) >= 11 is 0. The minimum atomic E-state index is -0.962. The van der Waals surface area contributed by atoms with Gasteiger partial charge >= 0.3 is 0 Å². The molecule has 0 aliphatic carbocycles. The van der Waals surface area contributed by atoms with Gasteiger partial charge in [0.05, 0.1) is 8.07 Å². The van der Waals surface area contributed by atoms with Crippen LogP contribution in [0.1, 0.15) is 26.2 Å². The molecule has 0 aromatic rings. The molecule has 1 aliphatic rings. The Labute approximate surface area is 89.9 Å². The summed E-state index contributed by atoms with van der Waals surface area (Å²) in [6, 6.07) is 0.988. The molecule has 0 aromatic heterocycles. The summed E-state index contributed by atoms with van der Waals surface area (Å²) in [5.74, 6) is 0. The van der Waals surface area contributed by atoms with Crippen LogP contribution in [0.2, 0.25) is 19.6 Å². The molecule has 1 aliphatic heterocycles. The summed E-state index contributed by atoms with van der Waals surface area (Å²) in [5, 5.41) is 0. The van der Waals surface area contributed by atoms with Gasteiger partial charge in [-0.05, 0) is 32.5 Å². The van der Waals surface area contributed by atoms with E-state index < -0.39 is 8.07 Å². The molecule has 1 heterocycles. The smallest absolute Gasteiger partial charge is 0.0599 e.